The van der Waals surface area contributed by atoms with Gasteiger partial charge in [-0.25, -0.2) is 0 Å². The molecule has 2 N–H and O–H groups in total. The second-order valence-electron chi connectivity index (χ2n) is 5.22. The molecule has 0 fully saturated rings. The zero-order valence-corrected chi connectivity index (χ0v) is 13.3. The molecule has 0 amide bonds. The molecule has 0 radical (unpaired) electrons. The number of nitrogens with zero attached hydrogens (tertiary/aromatic N) is 1. The molecule has 0 heterocycles. The van der Waals surface area contributed by atoms with Gasteiger partial charge in [-0.15, -0.1) is 0 Å². The van der Waals surface area contributed by atoms with Crippen LogP contribution in [0.4, 0.5) is 0 Å². The maximum absolute atomic E-state index is 6.04. The fourth-order valence-electron chi connectivity index (χ4n) is 2.34. The number of rotatable bonds is 4. The fraction of sp³-hybridized carbons (Fsp3) is 0.533. The summed E-state index contributed by atoms with van der Waals surface area (Å²) in [6.45, 7) is 11.4. The topological polar surface area (TPSA) is 38.4 Å². The number of nitrogens with two attached hydrogens (primary N) is 1. The summed E-state index contributed by atoms with van der Waals surface area (Å²) in [4.78, 5) is 4.15. The van der Waals surface area contributed by atoms with E-state index in [1.54, 1.807) is 7.05 Å². The standard InChI is InChI=1S/C15H25N2P/c1-10(2)18(11(3)4)14-9-12(5)7-8-13(14)15(16)17-6/h7-11H,1-6H3,(H2,16,17). The maximum Gasteiger partial charge on any atom is 0.125 e. The van der Waals surface area contributed by atoms with E-state index in [1.807, 2.05) is 0 Å². The highest BCUT2D eigenvalue weighted by Crippen LogP contribution is 2.45. The lowest BCUT2D eigenvalue weighted by Gasteiger charge is -2.28. The lowest BCUT2D eigenvalue weighted by Crippen LogP contribution is -2.26. The molecule has 0 bridgehead atoms. The van der Waals surface area contributed by atoms with Crippen molar-refractivity contribution in [1.82, 2.24) is 0 Å². The fourth-order valence-corrected chi connectivity index (χ4v) is 5.47. The Bertz CT molecular complexity index is 428. The Kier molecular flexibility index (Phi) is 5.34. The van der Waals surface area contributed by atoms with Crippen molar-refractivity contribution >= 4 is 19.1 Å². The smallest absolute Gasteiger partial charge is 0.125 e. The van der Waals surface area contributed by atoms with E-state index >= 15 is 0 Å². The van der Waals surface area contributed by atoms with E-state index in [2.05, 4.69) is 57.8 Å². The summed E-state index contributed by atoms with van der Waals surface area (Å²) in [5.41, 5.74) is 9.78. The maximum atomic E-state index is 6.04. The molecule has 0 saturated carbocycles. The Morgan fingerprint density at radius 2 is 1.72 bits per heavy atom. The summed E-state index contributed by atoms with van der Waals surface area (Å²) in [6, 6.07) is 6.53. The molecule has 1 rings (SSSR count). The van der Waals surface area contributed by atoms with E-state index in [4.69, 9.17) is 5.73 Å². The van der Waals surface area contributed by atoms with Crippen LogP contribution in [0.1, 0.15) is 38.8 Å². The minimum atomic E-state index is -0.210. The Morgan fingerprint density at radius 1 is 1.17 bits per heavy atom. The third-order valence-corrected chi connectivity index (χ3v) is 6.21. The van der Waals surface area contributed by atoms with Gasteiger partial charge in [-0.3, -0.25) is 4.99 Å². The van der Waals surface area contributed by atoms with Crippen LogP contribution in [0.3, 0.4) is 0 Å². The lowest BCUT2D eigenvalue weighted by molar-refractivity contribution is 1.02. The number of amidine groups is 1. The van der Waals surface area contributed by atoms with Gasteiger partial charge in [-0.2, -0.15) is 0 Å². The molecule has 0 aromatic heterocycles. The van der Waals surface area contributed by atoms with Gasteiger partial charge >= 0.3 is 0 Å². The molecule has 3 heteroatoms. The van der Waals surface area contributed by atoms with Crippen molar-refractivity contribution in [3.8, 4) is 0 Å². The summed E-state index contributed by atoms with van der Waals surface area (Å²) < 4.78 is 0. The van der Waals surface area contributed by atoms with Crippen molar-refractivity contribution in [1.29, 1.82) is 0 Å². The summed E-state index contributed by atoms with van der Waals surface area (Å²) in [5.74, 6) is 0.652. The van der Waals surface area contributed by atoms with Gasteiger partial charge in [0.05, 0.1) is 0 Å². The highest BCUT2D eigenvalue weighted by molar-refractivity contribution is 7.67. The summed E-state index contributed by atoms with van der Waals surface area (Å²) in [6.07, 6.45) is 0. The number of aliphatic imine (C=N–C) groups is 1. The van der Waals surface area contributed by atoms with E-state index in [1.165, 1.54) is 10.9 Å². The monoisotopic (exact) mass is 264 g/mol. The molecule has 0 saturated heterocycles. The van der Waals surface area contributed by atoms with E-state index in [0.717, 1.165) is 5.56 Å². The molecular formula is C15H25N2P. The van der Waals surface area contributed by atoms with Gasteiger partial charge in [-0.1, -0.05) is 59.4 Å². The van der Waals surface area contributed by atoms with Crippen LogP contribution in [0.15, 0.2) is 23.2 Å². The first-order valence-electron chi connectivity index (χ1n) is 6.50. The molecule has 1 aromatic carbocycles. The average Bonchev–Trinajstić information content (AvgIpc) is 2.27. The Balaban J connectivity index is 3.40. The number of benzene rings is 1. The van der Waals surface area contributed by atoms with Gasteiger partial charge in [0, 0.05) is 12.6 Å². The second-order valence-corrected chi connectivity index (χ2v) is 8.59. The number of aryl methyl sites for hydroxylation is 1. The van der Waals surface area contributed by atoms with Crippen LogP contribution in [0.2, 0.25) is 0 Å². The molecule has 0 spiro atoms. The van der Waals surface area contributed by atoms with E-state index in [-0.39, 0.29) is 7.92 Å². The Labute approximate surface area is 112 Å². The van der Waals surface area contributed by atoms with Crippen molar-refractivity contribution < 1.29 is 0 Å². The summed E-state index contributed by atoms with van der Waals surface area (Å²) >= 11 is 0. The van der Waals surface area contributed by atoms with Crippen LogP contribution < -0.4 is 11.0 Å². The van der Waals surface area contributed by atoms with Crippen LogP contribution in [0, 0.1) is 6.92 Å². The SMILES string of the molecule is CN=C(N)c1ccc(C)cc1P(C(C)C)C(C)C. The highest BCUT2D eigenvalue weighted by atomic mass is 31.1. The van der Waals surface area contributed by atoms with Crippen LogP contribution in [-0.2, 0) is 0 Å². The van der Waals surface area contributed by atoms with Gasteiger partial charge in [-0.05, 0) is 23.5 Å². The van der Waals surface area contributed by atoms with E-state index in [0.29, 0.717) is 17.2 Å². The van der Waals surface area contributed by atoms with Crippen LogP contribution in [0.25, 0.3) is 0 Å². The van der Waals surface area contributed by atoms with Crippen LogP contribution in [-0.4, -0.2) is 24.2 Å². The van der Waals surface area contributed by atoms with Crippen molar-refractivity contribution in [3.63, 3.8) is 0 Å². The molecular weight excluding hydrogens is 239 g/mol. The van der Waals surface area contributed by atoms with E-state index in [9.17, 15) is 0 Å². The third kappa shape index (κ3) is 3.32. The van der Waals surface area contributed by atoms with Gasteiger partial charge < -0.3 is 5.73 Å². The molecule has 100 valence electrons. The second kappa shape index (κ2) is 6.33. The number of hydrogen-bond donors (Lipinski definition) is 1. The normalized spacial score (nSPS) is 12.8. The van der Waals surface area contributed by atoms with Gasteiger partial charge in [0.2, 0.25) is 0 Å². The number of hydrogen-bond acceptors (Lipinski definition) is 1. The molecule has 0 aliphatic carbocycles. The average molecular weight is 264 g/mol. The van der Waals surface area contributed by atoms with Gasteiger partial charge in [0.1, 0.15) is 5.84 Å². The Hall–Kier alpha value is -0.880. The summed E-state index contributed by atoms with van der Waals surface area (Å²) in [5, 5.41) is 1.40. The predicted molar refractivity (Wildman–Crippen MR) is 84.7 cm³/mol. The van der Waals surface area contributed by atoms with Gasteiger partial charge in [0.15, 0.2) is 0 Å². The van der Waals surface area contributed by atoms with E-state index < -0.39 is 0 Å². The molecule has 1 aromatic rings. The van der Waals surface area contributed by atoms with Crippen molar-refractivity contribution in [2.24, 2.45) is 10.7 Å². The van der Waals surface area contributed by atoms with Crippen molar-refractivity contribution in [2.75, 3.05) is 7.05 Å². The first-order valence-corrected chi connectivity index (χ1v) is 7.98. The first kappa shape index (κ1) is 15.2. The first-order chi connectivity index (χ1) is 8.38. The van der Waals surface area contributed by atoms with Gasteiger partial charge in [0.25, 0.3) is 0 Å². The molecule has 0 aliphatic rings. The third-order valence-electron chi connectivity index (χ3n) is 3.06. The Morgan fingerprint density at radius 3 is 2.17 bits per heavy atom. The minimum Gasteiger partial charge on any atom is -0.383 e. The summed E-state index contributed by atoms with van der Waals surface area (Å²) in [7, 11) is 1.55. The minimum absolute atomic E-state index is 0.210. The molecule has 0 aliphatic heterocycles. The molecule has 0 atom stereocenters. The highest BCUT2D eigenvalue weighted by Gasteiger charge is 2.22. The largest absolute Gasteiger partial charge is 0.383 e. The zero-order valence-electron chi connectivity index (χ0n) is 12.4. The molecule has 18 heavy (non-hydrogen) atoms. The molecule has 2 nitrogen and oxygen atoms in total. The van der Waals surface area contributed by atoms with Crippen molar-refractivity contribution in [2.45, 2.75) is 45.9 Å². The van der Waals surface area contributed by atoms with Crippen LogP contribution >= 0.6 is 7.92 Å². The van der Waals surface area contributed by atoms with Crippen LogP contribution in [0.5, 0.6) is 0 Å². The van der Waals surface area contributed by atoms with Crippen molar-refractivity contribution in [3.05, 3.63) is 29.3 Å². The zero-order chi connectivity index (χ0) is 13.9. The predicted octanol–water partition coefficient (Wildman–Crippen LogP) is 3.25. The molecule has 0 unspecified atom stereocenters. The lowest BCUT2D eigenvalue weighted by atomic mass is 10.1. The quantitative estimate of drug-likeness (QED) is 0.506.